The van der Waals surface area contributed by atoms with E-state index in [1.807, 2.05) is 0 Å². The third kappa shape index (κ3) is 3.68. The van der Waals surface area contributed by atoms with E-state index in [4.69, 9.17) is 23.2 Å². The maximum atomic E-state index is 13.6. The van der Waals surface area contributed by atoms with Crippen LogP contribution in [0.15, 0.2) is 30.5 Å². The molecular weight excluding hydrogens is 321 g/mol. The molecule has 0 bridgehead atoms. The standard InChI is InChI=1S/C14H10Cl2F2N2O/c1-7(9-4-8(17)2-3-12(9)18)20-14(21)10-5-13(16)19-6-11(10)15/h2-7H,1H3,(H,20,21). The quantitative estimate of drug-likeness (QED) is 0.858. The minimum absolute atomic E-state index is 0.0413. The van der Waals surface area contributed by atoms with Gasteiger partial charge in [-0.15, -0.1) is 0 Å². The highest BCUT2D eigenvalue weighted by Crippen LogP contribution is 2.21. The first-order valence-electron chi connectivity index (χ1n) is 5.95. The average molecular weight is 331 g/mol. The Balaban J connectivity index is 2.23. The summed E-state index contributed by atoms with van der Waals surface area (Å²) in [5.74, 6) is -1.75. The molecule has 7 heteroatoms. The lowest BCUT2D eigenvalue weighted by molar-refractivity contribution is 0.0939. The fraction of sp³-hybridized carbons (Fsp3) is 0.143. The second-order valence-corrected chi connectivity index (χ2v) is 5.14. The van der Waals surface area contributed by atoms with E-state index in [2.05, 4.69) is 10.3 Å². The molecule has 0 aliphatic heterocycles. The fourth-order valence-corrected chi connectivity index (χ4v) is 2.13. The Morgan fingerprint density at radius 1 is 1.29 bits per heavy atom. The van der Waals surface area contributed by atoms with E-state index in [1.165, 1.54) is 19.2 Å². The number of aromatic nitrogens is 1. The summed E-state index contributed by atoms with van der Waals surface area (Å²) in [5, 5.41) is 2.75. The molecule has 21 heavy (non-hydrogen) atoms. The maximum absolute atomic E-state index is 13.6. The highest BCUT2D eigenvalue weighted by molar-refractivity contribution is 6.35. The van der Waals surface area contributed by atoms with Crippen LogP contribution in [0.25, 0.3) is 0 Å². The Labute approximate surface area is 129 Å². The third-order valence-corrected chi connectivity index (χ3v) is 3.35. The van der Waals surface area contributed by atoms with Crippen LogP contribution in [0.1, 0.15) is 28.9 Å². The summed E-state index contributed by atoms with van der Waals surface area (Å²) >= 11 is 11.6. The molecular formula is C14H10Cl2F2N2O. The Morgan fingerprint density at radius 2 is 2.00 bits per heavy atom. The van der Waals surface area contributed by atoms with E-state index in [-0.39, 0.29) is 21.3 Å². The van der Waals surface area contributed by atoms with Gasteiger partial charge >= 0.3 is 0 Å². The summed E-state index contributed by atoms with van der Waals surface area (Å²) in [6.07, 6.45) is 1.24. The number of carbonyl (C=O) groups is 1. The van der Waals surface area contributed by atoms with Gasteiger partial charge in [0.1, 0.15) is 16.8 Å². The van der Waals surface area contributed by atoms with E-state index in [0.717, 1.165) is 18.2 Å². The number of amides is 1. The van der Waals surface area contributed by atoms with Gasteiger partial charge in [0, 0.05) is 11.8 Å². The van der Waals surface area contributed by atoms with Crippen molar-refractivity contribution in [3.05, 3.63) is 63.4 Å². The van der Waals surface area contributed by atoms with Crippen LogP contribution in [0, 0.1) is 11.6 Å². The van der Waals surface area contributed by atoms with Crippen LogP contribution in [0.2, 0.25) is 10.2 Å². The number of benzene rings is 1. The van der Waals surface area contributed by atoms with E-state index in [0.29, 0.717) is 0 Å². The Morgan fingerprint density at radius 3 is 2.71 bits per heavy atom. The lowest BCUT2D eigenvalue weighted by atomic mass is 10.1. The average Bonchev–Trinajstić information content (AvgIpc) is 2.43. The molecule has 0 spiro atoms. The molecule has 3 nitrogen and oxygen atoms in total. The van der Waals surface area contributed by atoms with Crippen LogP contribution in [0.5, 0.6) is 0 Å². The number of hydrogen-bond acceptors (Lipinski definition) is 2. The number of nitrogens with zero attached hydrogens (tertiary/aromatic N) is 1. The van der Waals surface area contributed by atoms with Crippen molar-refractivity contribution in [3.8, 4) is 0 Å². The monoisotopic (exact) mass is 330 g/mol. The van der Waals surface area contributed by atoms with E-state index >= 15 is 0 Å². The first-order valence-corrected chi connectivity index (χ1v) is 6.71. The molecule has 0 radical (unpaired) electrons. The van der Waals surface area contributed by atoms with Crippen LogP contribution < -0.4 is 5.32 Å². The van der Waals surface area contributed by atoms with Crippen molar-refractivity contribution < 1.29 is 13.6 Å². The zero-order chi connectivity index (χ0) is 15.6. The molecule has 1 N–H and O–H groups in total. The topological polar surface area (TPSA) is 42.0 Å². The molecule has 2 aromatic rings. The molecule has 0 saturated carbocycles. The molecule has 0 fully saturated rings. The fourth-order valence-electron chi connectivity index (χ4n) is 1.79. The summed E-state index contributed by atoms with van der Waals surface area (Å²) in [6.45, 7) is 1.53. The third-order valence-electron chi connectivity index (χ3n) is 2.84. The van der Waals surface area contributed by atoms with Gasteiger partial charge in [-0.2, -0.15) is 0 Å². The van der Waals surface area contributed by atoms with Crippen LogP contribution in [-0.4, -0.2) is 10.9 Å². The molecule has 1 unspecified atom stereocenters. The molecule has 0 aliphatic rings. The second-order valence-electron chi connectivity index (χ2n) is 4.35. The van der Waals surface area contributed by atoms with Crippen molar-refractivity contribution in [2.45, 2.75) is 13.0 Å². The van der Waals surface area contributed by atoms with Crippen LogP contribution in [0.3, 0.4) is 0 Å². The Kier molecular flexibility index (Phi) is 4.75. The number of rotatable bonds is 3. The van der Waals surface area contributed by atoms with E-state index in [1.54, 1.807) is 0 Å². The van der Waals surface area contributed by atoms with Crippen molar-refractivity contribution in [2.75, 3.05) is 0 Å². The lowest BCUT2D eigenvalue weighted by Gasteiger charge is -2.15. The molecule has 1 aromatic heterocycles. The summed E-state index contributed by atoms with van der Waals surface area (Å²) in [4.78, 5) is 15.8. The van der Waals surface area contributed by atoms with Gasteiger partial charge in [-0.25, -0.2) is 13.8 Å². The highest BCUT2D eigenvalue weighted by atomic mass is 35.5. The predicted molar refractivity (Wildman–Crippen MR) is 76.5 cm³/mol. The summed E-state index contributed by atoms with van der Waals surface area (Å²) < 4.78 is 26.8. The number of hydrogen-bond donors (Lipinski definition) is 1. The van der Waals surface area contributed by atoms with Gasteiger partial charge in [0.15, 0.2) is 0 Å². The Hall–Kier alpha value is -1.72. The minimum atomic E-state index is -0.740. The summed E-state index contributed by atoms with van der Waals surface area (Å²) in [7, 11) is 0. The van der Waals surface area contributed by atoms with Gasteiger partial charge in [-0.1, -0.05) is 23.2 Å². The van der Waals surface area contributed by atoms with Gasteiger partial charge < -0.3 is 5.32 Å². The van der Waals surface area contributed by atoms with Crippen LogP contribution in [-0.2, 0) is 0 Å². The number of nitrogens with one attached hydrogen (secondary N) is 1. The van der Waals surface area contributed by atoms with Crippen molar-refractivity contribution in [1.29, 1.82) is 0 Å². The van der Waals surface area contributed by atoms with Gasteiger partial charge in [-0.3, -0.25) is 4.79 Å². The van der Waals surface area contributed by atoms with E-state index < -0.39 is 23.6 Å². The first-order chi connectivity index (χ1) is 9.88. The molecule has 110 valence electrons. The number of carbonyl (C=O) groups excluding carboxylic acids is 1. The van der Waals surface area contributed by atoms with Crippen LogP contribution in [0.4, 0.5) is 8.78 Å². The molecule has 1 amide bonds. The molecule has 1 aromatic carbocycles. The maximum Gasteiger partial charge on any atom is 0.253 e. The van der Waals surface area contributed by atoms with E-state index in [9.17, 15) is 13.6 Å². The minimum Gasteiger partial charge on any atom is -0.345 e. The Bertz CT molecular complexity index is 695. The van der Waals surface area contributed by atoms with Gasteiger partial charge in [0.05, 0.1) is 16.6 Å². The molecule has 1 heterocycles. The summed E-state index contributed by atoms with van der Waals surface area (Å²) in [6, 6.07) is 3.60. The molecule has 2 rings (SSSR count). The van der Waals surface area contributed by atoms with Crippen molar-refractivity contribution >= 4 is 29.1 Å². The SMILES string of the molecule is CC(NC(=O)c1cc(Cl)ncc1Cl)c1cc(F)ccc1F. The lowest BCUT2D eigenvalue weighted by Crippen LogP contribution is -2.27. The second kappa shape index (κ2) is 6.37. The predicted octanol–water partition coefficient (Wildman–Crippen LogP) is 4.16. The summed E-state index contributed by atoms with van der Waals surface area (Å²) in [5.41, 5.74) is 0.153. The molecule has 1 atom stereocenters. The normalized spacial score (nSPS) is 12.0. The van der Waals surface area contributed by atoms with Gasteiger partial charge in [0.25, 0.3) is 5.91 Å². The molecule has 0 aliphatic carbocycles. The largest absolute Gasteiger partial charge is 0.345 e. The number of pyridine rings is 1. The number of halogens is 4. The van der Waals surface area contributed by atoms with Crippen molar-refractivity contribution in [3.63, 3.8) is 0 Å². The highest BCUT2D eigenvalue weighted by Gasteiger charge is 2.18. The van der Waals surface area contributed by atoms with Gasteiger partial charge in [0.2, 0.25) is 0 Å². The zero-order valence-corrected chi connectivity index (χ0v) is 12.3. The van der Waals surface area contributed by atoms with Crippen molar-refractivity contribution in [2.24, 2.45) is 0 Å². The smallest absolute Gasteiger partial charge is 0.253 e. The molecule has 0 saturated heterocycles. The van der Waals surface area contributed by atoms with Crippen molar-refractivity contribution in [1.82, 2.24) is 10.3 Å². The first kappa shape index (κ1) is 15.7. The van der Waals surface area contributed by atoms with Crippen LogP contribution >= 0.6 is 23.2 Å². The zero-order valence-electron chi connectivity index (χ0n) is 10.8. The van der Waals surface area contributed by atoms with Gasteiger partial charge in [-0.05, 0) is 31.2 Å².